The summed E-state index contributed by atoms with van der Waals surface area (Å²) >= 11 is 3.15. The average Bonchev–Trinajstić information content (AvgIpc) is 3.19. The number of hydrogen-bond acceptors (Lipinski definition) is 4. The fraction of sp³-hybridized carbons (Fsp3) is 0.200. The number of aromatic nitrogens is 1. The van der Waals surface area contributed by atoms with E-state index >= 15 is 0 Å². The van der Waals surface area contributed by atoms with E-state index in [1.165, 1.54) is 16.7 Å². The maximum absolute atomic E-state index is 13.3. The van der Waals surface area contributed by atoms with Crippen LogP contribution in [0.25, 0.3) is 10.2 Å². The lowest BCUT2D eigenvalue weighted by Gasteiger charge is -2.20. The van der Waals surface area contributed by atoms with Gasteiger partial charge in [-0.15, -0.1) is 11.8 Å². The molecule has 4 aromatic rings. The van der Waals surface area contributed by atoms with Crippen LogP contribution in [0.4, 0.5) is 5.13 Å². The van der Waals surface area contributed by atoms with Gasteiger partial charge in [-0.2, -0.15) is 0 Å². The highest BCUT2D eigenvalue weighted by Crippen LogP contribution is 2.33. The summed E-state index contributed by atoms with van der Waals surface area (Å²) in [6, 6.07) is 22.6. The van der Waals surface area contributed by atoms with Crippen molar-refractivity contribution >= 4 is 44.4 Å². The Balaban J connectivity index is 1.63. The first-order valence-electron chi connectivity index (χ1n) is 9.92. The number of anilines is 1. The smallest absolute Gasteiger partial charge is 0.239 e. The molecule has 152 valence electrons. The number of carbonyl (C=O) groups excluding carboxylic acids is 1. The molecule has 0 radical (unpaired) electrons. The first kappa shape index (κ1) is 20.6. The van der Waals surface area contributed by atoms with Gasteiger partial charge >= 0.3 is 0 Å². The zero-order valence-corrected chi connectivity index (χ0v) is 19.0. The van der Waals surface area contributed by atoms with Crippen molar-refractivity contribution in [3.05, 3.63) is 89.0 Å². The molecule has 3 nitrogen and oxygen atoms in total. The van der Waals surface area contributed by atoms with Crippen molar-refractivity contribution in [3.8, 4) is 0 Å². The zero-order chi connectivity index (χ0) is 21.1. The molecule has 0 aliphatic rings. The largest absolute Gasteiger partial charge is 0.283 e. The number of benzene rings is 3. The summed E-state index contributed by atoms with van der Waals surface area (Å²) in [7, 11) is 0. The Labute approximate surface area is 185 Å². The average molecular weight is 433 g/mol. The molecule has 0 N–H and O–H groups in total. The monoisotopic (exact) mass is 432 g/mol. The summed E-state index contributed by atoms with van der Waals surface area (Å²) in [6.45, 7) is 6.78. The lowest BCUT2D eigenvalue weighted by molar-refractivity contribution is -0.116. The Kier molecular flexibility index (Phi) is 6.21. The van der Waals surface area contributed by atoms with Gasteiger partial charge in [0.25, 0.3) is 0 Å². The van der Waals surface area contributed by atoms with Crippen LogP contribution >= 0.6 is 23.1 Å². The minimum atomic E-state index is 0.0675. The molecule has 1 amide bonds. The van der Waals surface area contributed by atoms with Gasteiger partial charge in [-0.25, -0.2) is 4.98 Å². The van der Waals surface area contributed by atoms with Gasteiger partial charge in [0.2, 0.25) is 5.91 Å². The third-order valence-corrected chi connectivity index (χ3v) is 7.21. The van der Waals surface area contributed by atoms with Crippen molar-refractivity contribution < 1.29 is 4.79 Å². The fourth-order valence-electron chi connectivity index (χ4n) is 3.22. The molecule has 30 heavy (non-hydrogen) atoms. The second-order valence-electron chi connectivity index (χ2n) is 7.42. The Hall–Kier alpha value is -2.63. The number of nitrogens with zero attached hydrogens (tertiary/aromatic N) is 2. The molecule has 0 unspecified atom stereocenters. The van der Waals surface area contributed by atoms with Crippen LogP contribution in [0.2, 0.25) is 0 Å². The van der Waals surface area contributed by atoms with Crippen molar-refractivity contribution in [1.82, 2.24) is 4.98 Å². The van der Waals surface area contributed by atoms with Gasteiger partial charge in [0, 0.05) is 4.90 Å². The number of amides is 1. The van der Waals surface area contributed by atoms with Crippen LogP contribution in [0.3, 0.4) is 0 Å². The number of thioether (sulfide) groups is 1. The van der Waals surface area contributed by atoms with E-state index in [4.69, 9.17) is 4.98 Å². The molecule has 5 heteroatoms. The molecule has 0 bridgehead atoms. The Morgan fingerprint density at radius 3 is 2.43 bits per heavy atom. The summed E-state index contributed by atoms with van der Waals surface area (Å²) in [5.41, 5.74) is 5.70. The maximum atomic E-state index is 13.3. The molecule has 0 aliphatic carbocycles. The van der Waals surface area contributed by atoms with Gasteiger partial charge in [0.15, 0.2) is 5.13 Å². The van der Waals surface area contributed by atoms with Crippen LogP contribution in [-0.2, 0) is 11.3 Å². The van der Waals surface area contributed by atoms with Crippen LogP contribution < -0.4 is 4.90 Å². The van der Waals surface area contributed by atoms with E-state index in [-0.39, 0.29) is 5.91 Å². The predicted molar refractivity (Wildman–Crippen MR) is 129 cm³/mol. The topological polar surface area (TPSA) is 33.2 Å². The standard InChI is InChI=1S/C25H24N2OS2/c1-17-9-12-21(13-10-17)29-16-23(28)27(15-20-7-5-4-6-8-20)25-26-24-19(3)18(2)11-14-22(24)30-25/h4-14H,15-16H2,1-3H3. The normalized spacial score (nSPS) is 11.0. The lowest BCUT2D eigenvalue weighted by atomic mass is 10.1. The molecule has 0 saturated carbocycles. The molecular formula is C25H24N2OS2. The summed E-state index contributed by atoms with van der Waals surface area (Å²) in [5, 5.41) is 0.761. The van der Waals surface area contributed by atoms with Crippen molar-refractivity contribution in [2.45, 2.75) is 32.2 Å². The van der Waals surface area contributed by atoms with E-state index in [1.54, 1.807) is 23.1 Å². The van der Waals surface area contributed by atoms with Crippen molar-refractivity contribution in [2.75, 3.05) is 10.7 Å². The SMILES string of the molecule is Cc1ccc(SCC(=O)N(Cc2ccccc2)c2nc3c(C)c(C)ccc3s2)cc1. The third kappa shape index (κ3) is 4.58. The number of fused-ring (bicyclic) bond motifs is 1. The molecule has 0 aliphatic heterocycles. The minimum absolute atomic E-state index is 0.0675. The second-order valence-corrected chi connectivity index (χ2v) is 9.48. The van der Waals surface area contributed by atoms with E-state index in [0.29, 0.717) is 12.3 Å². The van der Waals surface area contributed by atoms with Crippen molar-refractivity contribution in [2.24, 2.45) is 0 Å². The van der Waals surface area contributed by atoms with Gasteiger partial charge in [0.1, 0.15) is 0 Å². The zero-order valence-electron chi connectivity index (χ0n) is 17.4. The number of carbonyl (C=O) groups is 1. The molecule has 1 heterocycles. The molecule has 0 atom stereocenters. The predicted octanol–water partition coefficient (Wildman–Crippen LogP) is 6.55. The summed E-state index contributed by atoms with van der Waals surface area (Å²) in [5.74, 6) is 0.446. The first-order valence-corrected chi connectivity index (χ1v) is 11.7. The molecule has 4 rings (SSSR count). The molecule has 0 spiro atoms. The lowest BCUT2D eigenvalue weighted by Crippen LogP contribution is -2.31. The highest BCUT2D eigenvalue weighted by atomic mass is 32.2. The van der Waals surface area contributed by atoms with E-state index in [1.807, 2.05) is 23.1 Å². The Morgan fingerprint density at radius 2 is 1.70 bits per heavy atom. The quantitative estimate of drug-likeness (QED) is 0.324. The molecule has 3 aromatic carbocycles. The van der Waals surface area contributed by atoms with Gasteiger partial charge < -0.3 is 0 Å². The van der Waals surface area contributed by atoms with E-state index < -0.39 is 0 Å². The summed E-state index contributed by atoms with van der Waals surface area (Å²) < 4.78 is 1.12. The van der Waals surface area contributed by atoms with Gasteiger partial charge in [-0.05, 0) is 55.7 Å². The Bertz CT molecular complexity index is 1170. The summed E-state index contributed by atoms with van der Waals surface area (Å²) in [4.78, 5) is 21.1. The third-order valence-electron chi connectivity index (χ3n) is 5.17. The van der Waals surface area contributed by atoms with Crippen LogP contribution in [0.5, 0.6) is 0 Å². The number of hydrogen-bond donors (Lipinski definition) is 0. The maximum Gasteiger partial charge on any atom is 0.239 e. The number of rotatable bonds is 6. The van der Waals surface area contributed by atoms with Crippen molar-refractivity contribution in [3.63, 3.8) is 0 Å². The van der Waals surface area contributed by atoms with Crippen LogP contribution in [0, 0.1) is 20.8 Å². The van der Waals surface area contributed by atoms with Crippen LogP contribution in [0.1, 0.15) is 22.3 Å². The highest BCUT2D eigenvalue weighted by Gasteiger charge is 2.21. The van der Waals surface area contributed by atoms with Gasteiger partial charge in [0.05, 0.1) is 22.5 Å². The van der Waals surface area contributed by atoms with Crippen LogP contribution in [0.15, 0.2) is 71.6 Å². The number of aryl methyl sites for hydroxylation is 3. The van der Waals surface area contributed by atoms with Crippen molar-refractivity contribution in [1.29, 1.82) is 0 Å². The van der Waals surface area contributed by atoms with E-state index in [0.717, 1.165) is 25.8 Å². The second kappa shape index (κ2) is 9.02. The van der Waals surface area contributed by atoms with Gasteiger partial charge in [-0.1, -0.05) is 65.4 Å². The fourth-order valence-corrected chi connectivity index (χ4v) is 5.03. The minimum Gasteiger partial charge on any atom is -0.283 e. The molecular weight excluding hydrogens is 408 g/mol. The van der Waals surface area contributed by atoms with E-state index in [2.05, 4.69) is 69.3 Å². The summed E-state index contributed by atoms with van der Waals surface area (Å²) in [6.07, 6.45) is 0. The number of thiazole rings is 1. The molecule has 0 fully saturated rings. The highest BCUT2D eigenvalue weighted by molar-refractivity contribution is 8.00. The first-order chi connectivity index (χ1) is 14.5. The molecule has 1 aromatic heterocycles. The van der Waals surface area contributed by atoms with Gasteiger partial charge in [-0.3, -0.25) is 9.69 Å². The molecule has 0 saturated heterocycles. The van der Waals surface area contributed by atoms with E-state index in [9.17, 15) is 4.79 Å². The Morgan fingerprint density at radius 1 is 0.967 bits per heavy atom. The van der Waals surface area contributed by atoms with Crippen LogP contribution in [-0.4, -0.2) is 16.6 Å².